The highest BCUT2D eigenvalue weighted by molar-refractivity contribution is 5.89. The molecule has 2 aromatic rings. The number of hydrogen-bond donors (Lipinski definition) is 1. The van der Waals surface area contributed by atoms with E-state index in [1.165, 1.54) is 17.8 Å². The number of nitrogens with one attached hydrogen (secondary N) is 1. The van der Waals surface area contributed by atoms with Crippen molar-refractivity contribution in [3.05, 3.63) is 66.0 Å². The maximum atomic E-state index is 13.5. The average molecular weight is 340 g/mol. The van der Waals surface area contributed by atoms with Gasteiger partial charge in [-0.2, -0.15) is 0 Å². The Morgan fingerprint density at radius 2 is 1.92 bits per heavy atom. The second-order valence-electron chi connectivity index (χ2n) is 6.81. The highest BCUT2D eigenvalue weighted by Gasteiger charge is 2.45. The molecule has 1 aliphatic rings. The van der Waals surface area contributed by atoms with Crippen LogP contribution in [0, 0.1) is 5.82 Å². The quantitative estimate of drug-likeness (QED) is 0.776. The molecule has 1 N–H and O–H groups in total. The number of anilines is 1. The van der Waals surface area contributed by atoms with Crippen LogP contribution in [0.2, 0.25) is 0 Å². The van der Waals surface area contributed by atoms with Gasteiger partial charge in [0.2, 0.25) is 5.91 Å². The Morgan fingerprint density at radius 3 is 2.56 bits per heavy atom. The van der Waals surface area contributed by atoms with E-state index >= 15 is 0 Å². The van der Waals surface area contributed by atoms with Crippen LogP contribution in [0.3, 0.4) is 0 Å². The van der Waals surface area contributed by atoms with Crippen molar-refractivity contribution in [1.82, 2.24) is 5.32 Å². The van der Waals surface area contributed by atoms with Gasteiger partial charge in [-0.25, -0.2) is 4.39 Å². The summed E-state index contributed by atoms with van der Waals surface area (Å²) in [5.74, 6) is -0.243. The van der Waals surface area contributed by atoms with E-state index in [0.29, 0.717) is 6.54 Å². The molecule has 0 unspecified atom stereocenters. The van der Waals surface area contributed by atoms with Gasteiger partial charge in [-0.05, 0) is 49.1 Å². The standard InChI is InChI=1S/C21H25FN2O/c1-24(19-10-3-2-4-11-19)15-7-14-23-20(25)21(12-6-13-21)17-8-5-9-18(22)16-17/h2-5,8-11,16H,6-7,12-15H2,1H3,(H,23,25). The van der Waals surface area contributed by atoms with Crippen LogP contribution in [0.4, 0.5) is 10.1 Å². The molecule has 0 aromatic heterocycles. The number of benzene rings is 2. The highest BCUT2D eigenvalue weighted by atomic mass is 19.1. The number of halogens is 1. The summed E-state index contributed by atoms with van der Waals surface area (Å²) in [5.41, 5.74) is 1.44. The summed E-state index contributed by atoms with van der Waals surface area (Å²) in [5, 5.41) is 3.06. The number of rotatable bonds is 7. The fraction of sp³-hybridized carbons (Fsp3) is 0.381. The van der Waals surface area contributed by atoms with Gasteiger partial charge in [0, 0.05) is 25.8 Å². The molecule has 0 aliphatic heterocycles. The van der Waals surface area contributed by atoms with Crippen molar-refractivity contribution in [1.29, 1.82) is 0 Å². The minimum Gasteiger partial charge on any atom is -0.375 e. The lowest BCUT2D eigenvalue weighted by Crippen LogP contribution is -2.49. The number of carbonyl (C=O) groups is 1. The third kappa shape index (κ3) is 3.84. The van der Waals surface area contributed by atoms with E-state index < -0.39 is 5.41 Å². The fourth-order valence-corrected chi connectivity index (χ4v) is 3.46. The Bertz CT molecular complexity index is 713. The van der Waals surface area contributed by atoms with E-state index in [4.69, 9.17) is 0 Å². The summed E-state index contributed by atoms with van der Waals surface area (Å²) in [6, 6.07) is 16.7. The van der Waals surface area contributed by atoms with Gasteiger partial charge in [0.15, 0.2) is 0 Å². The smallest absolute Gasteiger partial charge is 0.230 e. The lowest BCUT2D eigenvalue weighted by atomic mass is 9.64. The maximum absolute atomic E-state index is 13.5. The highest BCUT2D eigenvalue weighted by Crippen LogP contribution is 2.44. The Labute approximate surface area is 148 Å². The van der Waals surface area contributed by atoms with Gasteiger partial charge in [-0.3, -0.25) is 4.79 Å². The number of nitrogens with zero attached hydrogens (tertiary/aromatic N) is 1. The van der Waals surface area contributed by atoms with E-state index in [1.54, 1.807) is 6.07 Å². The predicted molar refractivity (Wildman–Crippen MR) is 99.3 cm³/mol. The Balaban J connectivity index is 1.52. The SMILES string of the molecule is CN(CCCNC(=O)C1(c2cccc(F)c2)CCC1)c1ccccc1. The Kier molecular flexibility index (Phi) is 5.37. The van der Waals surface area contributed by atoms with Crippen molar-refractivity contribution in [2.75, 3.05) is 25.0 Å². The van der Waals surface area contributed by atoms with E-state index in [-0.39, 0.29) is 11.7 Å². The van der Waals surface area contributed by atoms with E-state index in [1.807, 2.05) is 24.3 Å². The van der Waals surface area contributed by atoms with Crippen LogP contribution >= 0.6 is 0 Å². The van der Waals surface area contributed by atoms with Crippen molar-refractivity contribution in [2.45, 2.75) is 31.1 Å². The van der Waals surface area contributed by atoms with Gasteiger partial charge in [0.1, 0.15) is 5.82 Å². The van der Waals surface area contributed by atoms with Crippen LogP contribution in [0.15, 0.2) is 54.6 Å². The zero-order chi connectivity index (χ0) is 17.7. The third-order valence-corrected chi connectivity index (χ3v) is 5.17. The molecule has 25 heavy (non-hydrogen) atoms. The molecule has 3 rings (SSSR count). The summed E-state index contributed by atoms with van der Waals surface area (Å²) >= 11 is 0. The average Bonchev–Trinajstić information content (AvgIpc) is 2.58. The molecule has 132 valence electrons. The molecular weight excluding hydrogens is 315 g/mol. The molecule has 0 heterocycles. The summed E-state index contributed by atoms with van der Waals surface area (Å²) in [4.78, 5) is 14.9. The second-order valence-corrected chi connectivity index (χ2v) is 6.81. The number of amides is 1. The van der Waals surface area contributed by atoms with Gasteiger partial charge in [0.05, 0.1) is 5.41 Å². The zero-order valence-electron chi connectivity index (χ0n) is 14.7. The lowest BCUT2D eigenvalue weighted by molar-refractivity contribution is -0.129. The fourth-order valence-electron chi connectivity index (χ4n) is 3.46. The molecule has 1 amide bonds. The Morgan fingerprint density at radius 1 is 1.16 bits per heavy atom. The number of carbonyl (C=O) groups excluding carboxylic acids is 1. The lowest BCUT2D eigenvalue weighted by Gasteiger charge is -2.40. The van der Waals surface area contributed by atoms with Crippen molar-refractivity contribution >= 4 is 11.6 Å². The van der Waals surface area contributed by atoms with Gasteiger partial charge in [-0.15, -0.1) is 0 Å². The molecule has 0 saturated heterocycles. The van der Waals surface area contributed by atoms with Crippen molar-refractivity contribution < 1.29 is 9.18 Å². The molecule has 1 saturated carbocycles. The van der Waals surface area contributed by atoms with Gasteiger partial charge >= 0.3 is 0 Å². The van der Waals surface area contributed by atoms with Crippen molar-refractivity contribution in [2.24, 2.45) is 0 Å². The van der Waals surface area contributed by atoms with Crippen LogP contribution < -0.4 is 10.2 Å². The summed E-state index contributed by atoms with van der Waals surface area (Å²) < 4.78 is 13.5. The minimum atomic E-state index is -0.534. The first-order valence-electron chi connectivity index (χ1n) is 8.92. The first kappa shape index (κ1) is 17.5. The van der Waals surface area contributed by atoms with Crippen LogP contribution in [0.5, 0.6) is 0 Å². The molecule has 0 spiro atoms. The van der Waals surface area contributed by atoms with Gasteiger partial charge in [0.25, 0.3) is 0 Å². The second kappa shape index (κ2) is 7.68. The minimum absolute atomic E-state index is 0.0340. The molecule has 1 aliphatic carbocycles. The molecule has 0 radical (unpaired) electrons. The topological polar surface area (TPSA) is 32.3 Å². The zero-order valence-corrected chi connectivity index (χ0v) is 14.7. The summed E-state index contributed by atoms with van der Waals surface area (Å²) in [6.07, 6.45) is 3.48. The monoisotopic (exact) mass is 340 g/mol. The predicted octanol–water partition coefficient (Wildman–Crippen LogP) is 3.89. The molecule has 4 heteroatoms. The largest absolute Gasteiger partial charge is 0.375 e. The van der Waals surface area contributed by atoms with E-state index in [0.717, 1.165) is 37.8 Å². The normalized spacial score (nSPS) is 15.3. The third-order valence-electron chi connectivity index (χ3n) is 5.17. The maximum Gasteiger partial charge on any atom is 0.230 e. The van der Waals surface area contributed by atoms with Crippen molar-refractivity contribution in [3.63, 3.8) is 0 Å². The van der Waals surface area contributed by atoms with Gasteiger partial charge < -0.3 is 10.2 Å². The Hall–Kier alpha value is -2.36. The molecule has 3 nitrogen and oxygen atoms in total. The summed E-state index contributed by atoms with van der Waals surface area (Å²) in [6.45, 7) is 1.50. The first-order valence-corrected chi connectivity index (χ1v) is 8.92. The van der Waals surface area contributed by atoms with Crippen LogP contribution in [0.25, 0.3) is 0 Å². The van der Waals surface area contributed by atoms with E-state index in [9.17, 15) is 9.18 Å². The van der Waals surface area contributed by atoms with Crippen LogP contribution in [-0.2, 0) is 10.2 Å². The van der Waals surface area contributed by atoms with Crippen molar-refractivity contribution in [3.8, 4) is 0 Å². The van der Waals surface area contributed by atoms with Gasteiger partial charge in [-0.1, -0.05) is 36.8 Å². The van der Waals surface area contributed by atoms with Crippen LogP contribution in [0.1, 0.15) is 31.2 Å². The summed E-state index contributed by atoms with van der Waals surface area (Å²) in [7, 11) is 2.05. The number of hydrogen-bond acceptors (Lipinski definition) is 2. The molecule has 0 atom stereocenters. The molecule has 2 aromatic carbocycles. The van der Waals surface area contributed by atoms with E-state index in [2.05, 4.69) is 29.4 Å². The van der Waals surface area contributed by atoms with Crippen LogP contribution in [-0.4, -0.2) is 26.0 Å². The first-order chi connectivity index (χ1) is 12.1. The molecule has 0 bridgehead atoms. The molecule has 1 fully saturated rings. The number of para-hydroxylation sites is 1. The molecular formula is C21H25FN2O.